The zero-order chi connectivity index (χ0) is 20.3. The van der Waals surface area contributed by atoms with Crippen molar-refractivity contribution in [3.05, 3.63) is 73.4 Å². The Kier molecular flexibility index (Phi) is 5.74. The molecule has 0 aliphatic heterocycles. The number of hydrazone groups is 1. The topological polar surface area (TPSA) is 97.1 Å². The molecular formula is C19H19BrN6O2. The molecule has 1 aromatic carbocycles. The first-order valence-corrected chi connectivity index (χ1v) is 9.21. The monoisotopic (exact) mass is 442 g/mol. The van der Waals surface area contributed by atoms with Crippen LogP contribution < -0.4 is 16.7 Å². The third-order valence-electron chi connectivity index (χ3n) is 3.89. The minimum Gasteiger partial charge on any atom is -0.299 e. The van der Waals surface area contributed by atoms with Gasteiger partial charge in [0.05, 0.1) is 6.21 Å². The molecular weight excluding hydrogens is 424 g/mol. The Morgan fingerprint density at radius 1 is 1.36 bits per heavy atom. The minimum absolute atomic E-state index is 0.270. The number of hydrogen-bond acceptors (Lipinski definition) is 5. The number of aromatic amines is 1. The summed E-state index contributed by atoms with van der Waals surface area (Å²) in [5, 5.41) is 4.18. The van der Waals surface area contributed by atoms with Gasteiger partial charge in [0.25, 0.3) is 5.56 Å². The van der Waals surface area contributed by atoms with Crippen molar-refractivity contribution in [2.24, 2.45) is 12.1 Å². The smallest absolute Gasteiger partial charge is 0.299 e. The normalized spacial score (nSPS) is 12.0. The van der Waals surface area contributed by atoms with Gasteiger partial charge in [-0.2, -0.15) is 10.1 Å². The fraction of sp³-hybridized carbons (Fsp3) is 0.158. The lowest BCUT2D eigenvalue weighted by Gasteiger charge is -2.07. The molecule has 3 rings (SSSR count). The second kappa shape index (κ2) is 8.22. The van der Waals surface area contributed by atoms with E-state index in [0.29, 0.717) is 12.5 Å². The molecule has 8 nitrogen and oxygen atoms in total. The van der Waals surface area contributed by atoms with Crippen molar-refractivity contribution in [2.75, 3.05) is 5.43 Å². The lowest BCUT2D eigenvalue weighted by atomic mass is 10.2. The third-order valence-corrected chi connectivity index (χ3v) is 4.33. The predicted molar refractivity (Wildman–Crippen MR) is 116 cm³/mol. The maximum Gasteiger partial charge on any atom is 0.329 e. The summed E-state index contributed by atoms with van der Waals surface area (Å²) in [6.45, 7) is 6.09. The second-order valence-electron chi connectivity index (χ2n) is 6.28. The first-order valence-electron chi connectivity index (χ1n) is 8.42. The molecule has 0 atom stereocenters. The van der Waals surface area contributed by atoms with E-state index in [4.69, 9.17) is 0 Å². The highest BCUT2D eigenvalue weighted by molar-refractivity contribution is 9.12. The Bertz CT molecular complexity index is 1200. The van der Waals surface area contributed by atoms with Crippen molar-refractivity contribution in [3.63, 3.8) is 0 Å². The van der Waals surface area contributed by atoms with Crippen LogP contribution in [0.1, 0.15) is 12.5 Å². The summed E-state index contributed by atoms with van der Waals surface area (Å²) in [6, 6.07) is 9.79. The van der Waals surface area contributed by atoms with E-state index in [-0.39, 0.29) is 11.2 Å². The number of nitrogens with one attached hydrogen (secondary N) is 2. The standard InChI is InChI=1S/C19H19BrN6O2/c1-12(2)11-26-15-16(25(3)19(28)23-17(15)27)22-18(26)24-21-10-14(20)9-13-7-5-4-6-8-13/h4-10H,1,11H2,2-3H3,(H,22,24)(H,23,27,28)/b14-9-,21-10+. The predicted octanol–water partition coefficient (Wildman–Crippen LogP) is 2.83. The molecule has 2 heterocycles. The number of rotatable bonds is 6. The zero-order valence-electron chi connectivity index (χ0n) is 15.4. The molecule has 2 aromatic heterocycles. The van der Waals surface area contributed by atoms with Crippen LogP contribution >= 0.6 is 15.9 Å². The Morgan fingerprint density at radius 3 is 2.75 bits per heavy atom. The van der Waals surface area contributed by atoms with Gasteiger partial charge in [-0.15, -0.1) is 0 Å². The molecule has 3 aromatic rings. The van der Waals surface area contributed by atoms with E-state index < -0.39 is 11.2 Å². The van der Waals surface area contributed by atoms with Gasteiger partial charge in [0.2, 0.25) is 5.95 Å². The van der Waals surface area contributed by atoms with Gasteiger partial charge < -0.3 is 0 Å². The van der Waals surface area contributed by atoms with Gasteiger partial charge >= 0.3 is 5.69 Å². The second-order valence-corrected chi connectivity index (χ2v) is 7.19. The number of fused-ring (bicyclic) bond motifs is 1. The summed E-state index contributed by atoms with van der Waals surface area (Å²) in [4.78, 5) is 30.8. The molecule has 0 aliphatic carbocycles. The lowest BCUT2D eigenvalue weighted by Crippen LogP contribution is -2.29. The number of hydrogen-bond donors (Lipinski definition) is 2. The van der Waals surface area contributed by atoms with E-state index in [9.17, 15) is 9.59 Å². The summed E-state index contributed by atoms with van der Waals surface area (Å²) in [7, 11) is 1.55. The number of H-pyrrole nitrogens is 1. The molecule has 0 bridgehead atoms. The van der Waals surface area contributed by atoms with Crippen LogP contribution in [0, 0.1) is 0 Å². The van der Waals surface area contributed by atoms with Crippen LogP contribution in [0.15, 0.2) is 61.7 Å². The molecule has 0 fully saturated rings. The molecule has 0 amide bonds. The van der Waals surface area contributed by atoms with Crippen molar-refractivity contribution >= 4 is 45.3 Å². The Hall–Kier alpha value is -3.20. The SMILES string of the molecule is C=C(C)Cn1c(N/N=C/C(Br)=C/c2ccccc2)nc2c1c(=O)[nH]c(=O)n2C. The molecule has 0 unspecified atom stereocenters. The molecule has 0 aliphatic rings. The molecule has 0 saturated carbocycles. The third kappa shape index (κ3) is 4.20. The number of nitrogens with zero attached hydrogens (tertiary/aromatic N) is 4. The lowest BCUT2D eigenvalue weighted by molar-refractivity contribution is 0.800. The van der Waals surface area contributed by atoms with Crippen LogP contribution in [0.5, 0.6) is 0 Å². The fourth-order valence-electron chi connectivity index (χ4n) is 2.64. The van der Waals surface area contributed by atoms with Crippen molar-refractivity contribution in [1.82, 2.24) is 19.1 Å². The van der Waals surface area contributed by atoms with E-state index >= 15 is 0 Å². The minimum atomic E-state index is -0.527. The van der Waals surface area contributed by atoms with Gasteiger partial charge in [-0.3, -0.25) is 18.9 Å². The first kappa shape index (κ1) is 19.6. The summed E-state index contributed by atoms with van der Waals surface area (Å²) in [5.41, 5.74) is 4.21. The molecule has 0 radical (unpaired) electrons. The Balaban J connectivity index is 1.96. The Morgan fingerprint density at radius 2 is 2.07 bits per heavy atom. The first-order chi connectivity index (χ1) is 13.4. The molecule has 9 heteroatoms. The van der Waals surface area contributed by atoms with E-state index in [1.54, 1.807) is 17.8 Å². The van der Waals surface area contributed by atoms with Crippen molar-refractivity contribution < 1.29 is 0 Å². The molecule has 28 heavy (non-hydrogen) atoms. The summed E-state index contributed by atoms with van der Waals surface area (Å²) in [6.07, 6.45) is 3.50. The van der Waals surface area contributed by atoms with E-state index in [0.717, 1.165) is 15.6 Å². The average Bonchev–Trinajstić information content (AvgIpc) is 2.99. The average molecular weight is 443 g/mol. The number of halogens is 1. The zero-order valence-corrected chi connectivity index (χ0v) is 17.0. The highest BCUT2D eigenvalue weighted by Gasteiger charge is 2.17. The van der Waals surface area contributed by atoms with Gasteiger partial charge in [-0.25, -0.2) is 10.2 Å². The highest BCUT2D eigenvalue weighted by Crippen LogP contribution is 2.17. The van der Waals surface area contributed by atoms with Crippen LogP contribution in [-0.4, -0.2) is 25.3 Å². The number of imidazole rings is 1. The number of allylic oxidation sites excluding steroid dienone is 2. The molecule has 2 N–H and O–H groups in total. The summed E-state index contributed by atoms with van der Waals surface area (Å²) >= 11 is 3.44. The van der Waals surface area contributed by atoms with E-state index in [1.165, 1.54) is 4.57 Å². The molecule has 144 valence electrons. The van der Waals surface area contributed by atoms with Gasteiger partial charge in [0.15, 0.2) is 11.2 Å². The van der Waals surface area contributed by atoms with Gasteiger partial charge in [0.1, 0.15) is 0 Å². The number of benzene rings is 1. The molecule has 0 spiro atoms. The van der Waals surface area contributed by atoms with Gasteiger partial charge in [-0.1, -0.05) is 42.5 Å². The number of aryl methyl sites for hydroxylation is 1. The quantitative estimate of drug-likeness (QED) is 0.348. The molecule has 0 saturated heterocycles. The summed E-state index contributed by atoms with van der Waals surface area (Å²) < 4.78 is 3.67. The van der Waals surface area contributed by atoms with Gasteiger partial charge in [0, 0.05) is 18.1 Å². The van der Waals surface area contributed by atoms with Crippen LogP contribution in [0.25, 0.3) is 17.2 Å². The van der Waals surface area contributed by atoms with Crippen molar-refractivity contribution in [2.45, 2.75) is 13.5 Å². The van der Waals surface area contributed by atoms with Crippen molar-refractivity contribution in [1.29, 1.82) is 0 Å². The van der Waals surface area contributed by atoms with Crippen LogP contribution in [0.2, 0.25) is 0 Å². The number of anilines is 1. The van der Waals surface area contributed by atoms with Gasteiger partial charge in [-0.05, 0) is 34.5 Å². The Labute approximate surface area is 169 Å². The summed E-state index contributed by atoms with van der Waals surface area (Å²) in [5.74, 6) is 0.334. The van der Waals surface area contributed by atoms with Crippen LogP contribution in [-0.2, 0) is 13.6 Å². The maximum absolute atomic E-state index is 12.3. The fourth-order valence-corrected chi connectivity index (χ4v) is 3.01. The largest absolute Gasteiger partial charge is 0.329 e. The van der Waals surface area contributed by atoms with E-state index in [2.05, 4.69) is 43.0 Å². The maximum atomic E-state index is 12.3. The van der Waals surface area contributed by atoms with Crippen molar-refractivity contribution in [3.8, 4) is 0 Å². The van der Waals surface area contributed by atoms with Crippen LogP contribution in [0.4, 0.5) is 5.95 Å². The van der Waals surface area contributed by atoms with E-state index in [1.807, 2.05) is 43.3 Å². The number of aromatic nitrogens is 4. The van der Waals surface area contributed by atoms with Crippen LogP contribution in [0.3, 0.4) is 0 Å². The highest BCUT2D eigenvalue weighted by atomic mass is 79.9.